The quantitative estimate of drug-likeness (QED) is 0.645. The van der Waals surface area contributed by atoms with E-state index in [1.54, 1.807) is 0 Å². The van der Waals surface area contributed by atoms with Crippen LogP contribution in [0, 0.1) is 16.0 Å². The summed E-state index contributed by atoms with van der Waals surface area (Å²) >= 11 is 0. The zero-order valence-electron chi connectivity index (χ0n) is 10.4. The Labute approximate surface area is 111 Å². The molecule has 8 heteroatoms. The molecule has 2 N–H and O–H groups in total. The molecule has 0 aromatic heterocycles. The van der Waals surface area contributed by atoms with E-state index in [-0.39, 0.29) is 29.1 Å². The molecule has 1 heterocycles. The molecule has 1 aromatic rings. The average Bonchev–Trinajstić information content (AvgIpc) is 2.70. The molecule has 1 fully saturated rings. The van der Waals surface area contributed by atoms with Crippen molar-refractivity contribution >= 4 is 15.7 Å². The molecular formula is C11H15N3O4S. The predicted molar refractivity (Wildman–Crippen MR) is 69.0 cm³/mol. The fourth-order valence-electron chi connectivity index (χ4n) is 2.03. The number of sulfonamides is 1. The Hall–Kier alpha value is -1.51. The molecule has 2 unspecified atom stereocenters. The van der Waals surface area contributed by atoms with Crippen molar-refractivity contribution in [1.82, 2.24) is 4.31 Å². The standard InChI is InChI=1S/C11H15N3O4S/c1-8-6-13(7-11(8)12)19(17,18)10-4-2-9(3-5-10)14(15)16/h2-5,8,11H,6-7,12H2,1H3. The normalized spacial score (nSPS) is 24.5. The lowest BCUT2D eigenvalue weighted by Gasteiger charge is -2.15. The minimum absolute atomic E-state index is 0.0550. The van der Waals surface area contributed by atoms with Gasteiger partial charge in [-0.2, -0.15) is 4.31 Å². The first kappa shape index (κ1) is 13.9. The Morgan fingerprint density at radius 1 is 1.32 bits per heavy atom. The molecule has 1 aliphatic rings. The Bertz CT molecular complexity index is 574. The van der Waals surface area contributed by atoms with E-state index in [1.807, 2.05) is 6.92 Å². The summed E-state index contributed by atoms with van der Waals surface area (Å²) in [6.45, 7) is 2.55. The van der Waals surface area contributed by atoms with Crippen molar-refractivity contribution in [1.29, 1.82) is 0 Å². The van der Waals surface area contributed by atoms with Crippen LogP contribution in [0.4, 0.5) is 5.69 Å². The molecule has 7 nitrogen and oxygen atoms in total. The summed E-state index contributed by atoms with van der Waals surface area (Å²) in [6.07, 6.45) is 0. The number of benzene rings is 1. The van der Waals surface area contributed by atoms with Gasteiger partial charge >= 0.3 is 0 Å². The van der Waals surface area contributed by atoms with Crippen LogP contribution in [-0.2, 0) is 10.0 Å². The summed E-state index contributed by atoms with van der Waals surface area (Å²) in [5.41, 5.74) is 5.68. The van der Waals surface area contributed by atoms with E-state index in [1.165, 1.54) is 28.6 Å². The van der Waals surface area contributed by atoms with Gasteiger partial charge in [0.2, 0.25) is 10.0 Å². The lowest BCUT2D eigenvalue weighted by molar-refractivity contribution is -0.384. The number of nitro groups is 1. The maximum absolute atomic E-state index is 12.3. The Balaban J connectivity index is 2.27. The molecule has 1 aromatic carbocycles. The van der Waals surface area contributed by atoms with Crippen molar-refractivity contribution in [2.45, 2.75) is 17.9 Å². The highest BCUT2D eigenvalue weighted by atomic mass is 32.2. The Kier molecular flexibility index (Phi) is 3.57. The number of non-ortho nitro benzene ring substituents is 1. The van der Waals surface area contributed by atoms with Gasteiger partial charge < -0.3 is 5.73 Å². The van der Waals surface area contributed by atoms with Crippen LogP contribution in [0.2, 0.25) is 0 Å². The minimum atomic E-state index is -3.62. The second-order valence-electron chi connectivity index (χ2n) is 4.71. The highest BCUT2D eigenvalue weighted by molar-refractivity contribution is 7.89. The largest absolute Gasteiger partial charge is 0.326 e. The first-order chi connectivity index (χ1) is 8.82. The molecule has 1 aliphatic heterocycles. The van der Waals surface area contributed by atoms with Gasteiger partial charge in [0.15, 0.2) is 0 Å². The van der Waals surface area contributed by atoms with Crippen molar-refractivity contribution in [3.05, 3.63) is 34.4 Å². The van der Waals surface area contributed by atoms with Gasteiger partial charge in [0.25, 0.3) is 5.69 Å². The van der Waals surface area contributed by atoms with Crippen molar-refractivity contribution < 1.29 is 13.3 Å². The van der Waals surface area contributed by atoms with Gasteiger partial charge in [-0.05, 0) is 18.1 Å². The highest BCUT2D eigenvalue weighted by Gasteiger charge is 2.35. The van der Waals surface area contributed by atoms with E-state index in [4.69, 9.17) is 5.73 Å². The zero-order chi connectivity index (χ0) is 14.2. The second kappa shape index (κ2) is 4.87. The van der Waals surface area contributed by atoms with Crippen molar-refractivity contribution in [2.24, 2.45) is 11.7 Å². The van der Waals surface area contributed by atoms with Gasteiger partial charge in [-0.1, -0.05) is 6.92 Å². The number of hydrogen-bond acceptors (Lipinski definition) is 5. The van der Waals surface area contributed by atoms with E-state index in [2.05, 4.69) is 0 Å². The van der Waals surface area contributed by atoms with Gasteiger partial charge in [-0.25, -0.2) is 8.42 Å². The number of nitro benzene ring substituents is 1. The molecule has 0 radical (unpaired) electrons. The van der Waals surface area contributed by atoms with Crippen LogP contribution in [0.15, 0.2) is 29.2 Å². The molecular weight excluding hydrogens is 270 g/mol. The number of nitrogens with two attached hydrogens (primary N) is 1. The minimum Gasteiger partial charge on any atom is -0.326 e. The maximum Gasteiger partial charge on any atom is 0.269 e. The molecule has 2 atom stereocenters. The number of nitrogens with zero attached hydrogens (tertiary/aromatic N) is 2. The maximum atomic E-state index is 12.3. The fraction of sp³-hybridized carbons (Fsp3) is 0.455. The van der Waals surface area contributed by atoms with Crippen LogP contribution in [-0.4, -0.2) is 36.8 Å². The van der Waals surface area contributed by atoms with E-state index >= 15 is 0 Å². The molecule has 0 spiro atoms. The van der Waals surface area contributed by atoms with Gasteiger partial charge in [0.05, 0.1) is 9.82 Å². The SMILES string of the molecule is CC1CN(S(=O)(=O)c2ccc([N+](=O)[O-])cc2)CC1N. The van der Waals surface area contributed by atoms with Crippen molar-refractivity contribution in [2.75, 3.05) is 13.1 Å². The van der Waals surface area contributed by atoms with E-state index < -0.39 is 14.9 Å². The fourth-order valence-corrected chi connectivity index (χ4v) is 3.61. The summed E-state index contributed by atoms with van der Waals surface area (Å²) in [6, 6.07) is 4.70. The van der Waals surface area contributed by atoms with Gasteiger partial charge in [0.1, 0.15) is 0 Å². The van der Waals surface area contributed by atoms with Gasteiger partial charge in [-0.15, -0.1) is 0 Å². The van der Waals surface area contributed by atoms with E-state index in [0.717, 1.165) is 0 Å². The first-order valence-corrected chi connectivity index (χ1v) is 7.26. The predicted octanol–water partition coefficient (Wildman–Crippen LogP) is 0.563. The molecule has 0 bridgehead atoms. The summed E-state index contributed by atoms with van der Waals surface area (Å²) in [7, 11) is -3.62. The number of rotatable bonds is 3. The topological polar surface area (TPSA) is 107 Å². The van der Waals surface area contributed by atoms with Crippen LogP contribution < -0.4 is 5.73 Å². The molecule has 0 saturated carbocycles. The summed E-state index contributed by atoms with van der Waals surface area (Å²) < 4.78 is 25.9. The third-order valence-electron chi connectivity index (χ3n) is 3.32. The first-order valence-electron chi connectivity index (χ1n) is 5.82. The van der Waals surface area contributed by atoms with Crippen molar-refractivity contribution in [3.8, 4) is 0 Å². The highest BCUT2D eigenvalue weighted by Crippen LogP contribution is 2.24. The van der Waals surface area contributed by atoms with Gasteiger partial charge in [-0.3, -0.25) is 10.1 Å². The molecule has 2 rings (SSSR count). The third-order valence-corrected chi connectivity index (χ3v) is 5.17. The molecule has 0 amide bonds. The van der Waals surface area contributed by atoms with Crippen LogP contribution in [0.3, 0.4) is 0 Å². The monoisotopic (exact) mass is 285 g/mol. The second-order valence-corrected chi connectivity index (χ2v) is 6.65. The molecule has 19 heavy (non-hydrogen) atoms. The average molecular weight is 285 g/mol. The molecule has 0 aliphatic carbocycles. The van der Waals surface area contributed by atoms with E-state index in [9.17, 15) is 18.5 Å². The lowest BCUT2D eigenvalue weighted by Crippen LogP contribution is -2.32. The van der Waals surface area contributed by atoms with Gasteiger partial charge in [0, 0.05) is 31.3 Å². The van der Waals surface area contributed by atoms with Crippen LogP contribution in [0.1, 0.15) is 6.92 Å². The summed E-state index contributed by atoms with van der Waals surface area (Å²) in [5, 5.41) is 10.5. The smallest absolute Gasteiger partial charge is 0.269 e. The van der Waals surface area contributed by atoms with Crippen LogP contribution in [0.25, 0.3) is 0 Å². The lowest BCUT2D eigenvalue weighted by atomic mass is 10.1. The molecule has 104 valence electrons. The van der Waals surface area contributed by atoms with Crippen molar-refractivity contribution in [3.63, 3.8) is 0 Å². The Morgan fingerprint density at radius 2 is 1.89 bits per heavy atom. The van der Waals surface area contributed by atoms with Crippen LogP contribution >= 0.6 is 0 Å². The third kappa shape index (κ3) is 2.60. The summed E-state index contributed by atoms with van der Waals surface area (Å²) in [5.74, 6) is 0.104. The van der Waals surface area contributed by atoms with Crippen LogP contribution in [0.5, 0.6) is 0 Å². The zero-order valence-corrected chi connectivity index (χ0v) is 11.2. The summed E-state index contributed by atoms with van der Waals surface area (Å²) in [4.78, 5) is 10.0. The molecule has 1 saturated heterocycles. The Morgan fingerprint density at radius 3 is 2.32 bits per heavy atom. The number of hydrogen-bond donors (Lipinski definition) is 1. The van der Waals surface area contributed by atoms with E-state index in [0.29, 0.717) is 6.54 Å².